The van der Waals surface area contributed by atoms with Gasteiger partial charge in [-0.3, -0.25) is 4.98 Å². The fraction of sp³-hybridized carbons (Fsp3) is 0.182. The van der Waals surface area contributed by atoms with E-state index in [0.717, 1.165) is 6.07 Å². The van der Waals surface area contributed by atoms with E-state index in [-0.39, 0.29) is 11.2 Å². The van der Waals surface area contributed by atoms with Crippen LogP contribution in [0.25, 0.3) is 10.9 Å². The molecule has 0 amide bonds. The molecule has 84 valence electrons. The molecule has 1 heterocycles. The van der Waals surface area contributed by atoms with Gasteiger partial charge in [-0.1, -0.05) is 6.07 Å². The van der Waals surface area contributed by atoms with E-state index in [2.05, 4.69) is 4.98 Å². The number of fused-ring (bicyclic) bond motifs is 1. The highest BCUT2D eigenvalue weighted by molar-refractivity contribution is 5.85. The van der Waals surface area contributed by atoms with Crippen molar-refractivity contribution in [3.05, 3.63) is 35.5 Å². The molecule has 0 saturated heterocycles. The maximum Gasteiger partial charge on any atom is 0.418 e. The molecule has 16 heavy (non-hydrogen) atoms. The minimum atomic E-state index is -4.44. The van der Waals surface area contributed by atoms with Gasteiger partial charge in [0.25, 0.3) is 0 Å². The highest BCUT2D eigenvalue weighted by Gasteiger charge is 2.33. The minimum Gasteiger partial charge on any atom is -0.399 e. The quantitative estimate of drug-likeness (QED) is 0.701. The molecule has 0 spiro atoms. The molecule has 0 aliphatic carbocycles. The molecule has 1 aromatic carbocycles. The topological polar surface area (TPSA) is 38.9 Å². The number of nitrogens with two attached hydrogens (primary N) is 1. The van der Waals surface area contributed by atoms with E-state index in [1.165, 1.54) is 6.07 Å². The number of hydrogen-bond acceptors (Lipinski definition) is 2. The van der Waals surface area contributed by atoms with Gasteiger partial charge in [0.05, 0.1) is 11.1 Å². The molecule has 0 saturated carbocycles. The summed E-state index contributed by atoms with van der Waals surface area (Å²) < 4.78 is 38.2. The number of nitrogens with zero attached hydrogens (tertiary/aromatic N) is 1. The second-order valence-corrected chi connectivity index (χ2v) is 3.59. The van der Waals surface area contributed by atoms with Gasteiger partial charge in [-0.25, -0.2) is 0 Å². The zero-order valence-corrected chi connectivity index (χ0v) is 8.47. The summed E-state index contributed by atoms with van der Waals surface area (Å²) >= 11 is 0. The first-order chi connectivity index (χ1) is 7.38. The van der Waals surface area contributed by atoms with Crippen molar-refractivity contribution in [1.29, 1.82) is 0 Å². The van der Waals surface area contributed by atoms with Gasteiger partial charge in [-0.15, -0.1) is 0 Å². The summed E-state index contributed by atoms with van der Waals surface area (Å²) in [6.45, 7) is 1.65. The van der Waals surface area contributed by atoms with Crippen LogP contribution in [0.4, 0.5) is 18.9 Å². The van der Waals surface area contributed by atoms with Crippen LogP contribution in [0.2, 0.25) is 0 Å². The first-order valence-corrected chi connectivity index (χ1v) is 4.62. The molecule has 0 unspecified atom stereocenters. The number of aryl methyl sites for hydroxylation is 1. The Labute approximate surface area is 89.9 Å². The average Bonchev–Trinajstić information content (AvgIpc) is 2.16. The van der Waals surface area contributed by atoms with Crippen LogP contribution >= 0.6 is 0 Å². The standard InChI is InChI=1S/C11H9F3N2/c1-6-2-3-7-4-8(15)5-9(10(7)16-6)11(12,13)14/h2-5H,15H2,1H3. The molecule has 0 aliphatic heterocycles. The fourth-order valence-corrected chi connectivity index (χ4v) is 1.57. The summed E-state index contributed by atoms with van der Waals surface area (Å²) in [5, 5.41) is 0.401. The number of pyridine rings is 1. The Morgan fingerprint density at radius 1 is 1.19 bits per heavy atom. The van der Waals surface area contributed by atoms with Crippen molar-refractivity contribution in [2.75, 3.05) is 5.73 Å². The molecule has 2 rings (SSSR count). The molecule has 0 atom stereocenters. The second-order valence-electron chi connectivity index (χ2n) is 3.59. The third kappa shape index (κ3) is 1.80. The third-order valence-electron chi connectivity index (χ3n) is 2.26. The van der Waals surface area contributed by atoms with Crippen LogP contribution in [-0.4, -0.2) is 4.98 Å². The molecule has 0 fully saturated rings. The number of nitrogen functional groups attached to an aromatic ring is 1. The summed E-state index contributed by atoms with van der Waals surface area (Å²) in [5.41, 5.74) is 5.22. The van der Waals surface area contributed by atoms with E-state index < -0.39 is 11.7 Å². The van der Waals surface area contributed by atoms with Crippen molar-refractivity contribution in [3.8, 4) is 0 Å². The molecular weight excluding hydrogens is 217 g/mol. The number of aromatic nitrogens is 1. The number of rotatable bonds is 0. The first kappa shape index (κ1) is 10.7. The molecular formula is C11H9F3N2. The van der Waals surface area contributed by atoms with Gasteiger partial charge in [0.15, 0.2) is 0 Å². The summed E-state index contributed by atoms with van der Waals surface area (Å²) in [7, 11) is 0. The first-order valence-electron chi connectivity index (χ1n) is 4.62. The Bertz CT molecular complexity index is 547. The van der Waals surface area contributed by atoms with Crippen LogP contribution in [0.5, 0.6) is 0 Å². The Morgan fingerprint density at radius 2 is 1.88 bits per heavy atom. The molecule has 0 bridgehead atoms. The van der Waals surface area contributed by atoms with Gasteiger partial charge in [-0.05, 0) is 25.1 Å². The largest absolute Gasteiger partial charge is 0.418 e. The highest BCUT2D eigenvalue weighted by Crippen LogP contribution is 2.35. The van der Waals surface area contributed by atoms with Crippen LogP contribution in [0.3, 0.4) is 0 Å². The van der Waals surface area contributed by atoms with E-state index in [9.17, 15) is 13.2 Å². The van der Waals surface area contributed by atoms with E-state index in [0.29, 0.717) is 11.1 Å². The molecule has 2 N–H and O–H groups in total. The Kier molecular flexibility index (Phi) is 2.26. The summed E-state index contributed by atoms with van der Waals surface area (Å²) in [5.74, 6) is 0. The van der Waals surface area contributed by atoms with Gasteiger partial charge in [-0.2, -0.15) is 13.2 Å². The second kappa shape index (κ2) is 3.37. The van der Waals surface area contributed by atoms with Crippen molar-refractivity contribution >= 4 is 16.6 Å². The maximum absolute atomic E-state index is 12.7. The minimum absolute atomic E-state index is 0.0540. The summed E-state index contributed by atoms with van der Waals surface area (Å²) in [4.78, 5) is 3.91. The zero-order valence-electron chi connectivity index (χ0n) is 8.47. The predicted molar refractivity (Wildman–Crippen MR) is 55.9 cm³/mol. The Hall–Kier alpha value is -1.78. The summed E-state index contributed by atoms with van der Waals surface area (Å²) in [6, 6.07) is 5.64. The molecule has 0 aliphatic rings. The van der Waals surface area contributed by atoms with Crippen molar-refractivity contribution in [3.63, 3.8) is 0 Å². The van der Waals surface area contributed by atoms with Crippen LogP contribution in [0.1, 0.15) is 11.3 Å². The highest BCUT2D eigenvalue weighted by atomic mass is 19.4. The van der Waals surface area contributed by atoms with Gasteiger partial charge >= 0.3 is 6.18 Å². The molecule has 2 aromatic rings. The van der Waals surface area contributed by atoms with Crippen molar-refractivity contribution in [2.24, 2.45) is 0 Å². The predicted octanol–water partition coefficient (Wildman–Crippen LogP) is 3.14. The lowest BCUT2D eigenvalue weighted by Crippen LogP contribution is -2.08. The normalized spacial score (nSPS) is 12.0. The van der Waals surface area contributed by atoms with Crippen LogP contribution in [0.15, 0.2) is 24.3 Å². The number of halogens is 3. The molecule has 1 aromatic heterocycles. The molecule has 2 nitrogen and oxygen atoms in total. The lowest BCUT2D eigenvalue weighted by Gasteiger charge is -2.11. The average molecular weight is 226 g/mol. The lowest BCUT2D eigenvalue weighted by atomic mass is 10.1. The Morgan fingerprint density at radius 3 is 2.50 bits per heavy atom. The Balaban J connectivity index is 2.85. The summed E-state index contributed by atoms with van der Waals surface area (Å²) in [6.07, 6.45) is -4.44. The molecule has 5 heteroatoms. The SMILES string of the molecule is Cc1ccc2cc(N)cc(C(F)(F)F)c2n1. The smallest absolute Gasteiger partial charge is 0.399 e. The van der Waals surface area contributed by atoms with E-state index in [1.54, 1.807) is 19.1 Å². The monoisotopic (exact) mass is 226 g/mol. The zero-order chi connectivity index (χ0) is 11.9. The van der Waals surface area contributed by atoms with Crippen molar-refractivity contribution in [2.45, 2.75) is 13.1 Å². The number of alkyl halides is 3. The van der Waals surface area contributed by atoms with Gasteiger partial charge in [0, 0.05) is 16.8 Å². The fourth-order valence-electron chi connectivity index (χ4n) is 1.57. The molecule has 0 radical (unpaired) electrons. The number of anilines is 1. The third-order valence-corrected chi connectivity index (χ3v) is 2.26. The van der Waals surface area contributed by atoms with Gasteiger partial charge in [0.1, 0.15) is 0 Å². The van der Waals surface area contributed by atoms with Crippen LogP contribution in [-0.2, 0) is 6.18 Å². The van der Waals surface area contributed by atoms with Crippen molar-refractivity contribution in [1.82, 2.24) is 4.98 Å². The number of hydrogen-bond donors (Lipinski definition) is 1. The van der Waals surface area contributed by atoms with E-state index in [1.807, 2.05) is 0 Å². The maximum atomic E-state index is 12.7. The number of benzene rings is 1. The van der Waals surface area contributed by atoms with Crippen molar-refractivity contribution < 1.29 is 13.2 Å². The van der Waals surface area contributed by atoms with E-state index in [4.69, 9.17) is 5.73 Å². The lowest BCUT2D eigenvalue weighted by molar-refractivity contribution is -0.136. The van der Waals surface area contributed by atoms with Crippen LogP contribution < -0.4 is 5.73 Å². The van der Waals surface area contributed by atoms with Gasteiger partial charge < -0.3 is 5.73 Å². The van der Waals surface area contributed by atoms with Gasteiger partial charge in [0.2, 0.25) is 0 Å². The van der Waals surface area contributed by atoms with Crippen LogP contribution in [0, 0.1) is 6.92 Å². The van der Waals surface area contributed by atoms with E-state index >= 15 is 0 Å².